The predicted octanol–water partition coefficient (Wildman–Crippen LogP) is 1.10. The van der Waals surface area contributed by atoms with Crippen molar-refractivity contribution in [2.75, 3.05) is 33.5 Å². The number of rotatable bonds is 9. The zero-order valence-corrected chi connectivity index (χ0v) is 11.7. The molecular weight excluding hydrogens is 264 g/mol. The van der Waals surface area contributed by atoms with Gasteiger partial charge in [-0.25, -0.2) is 4.79 Å². The van der Waals surface area contributed by atoms with E-state index in [1.807, 2.05) is 0 Å². The van der Waals surface area contributed by atoms with Crippen LogP contribution in [-0.4, -0.2) is 55.8 Å². The zero-order chi connectivity index (χ0) is 15.0. The van der Waals surface area contributed by atoms with E-state index < -0.39 is 12.1 Å². The monoisotopic (exact) mass is 284 g/mol. The summed E-state index contributed by atoms with van der Waals surface area (Å²) in [5.74, 6) is -0.787. The highest BCUT2D eigenvalue weighted by molar-refractivity contribution is 5.91. The SMILES string of the molecule is COCCOCC(O)COc1c(C)cccc1C(=O)O. The molecule has 112 valence electrons. The third kappa shape index (κ3) is 5.16. The molecular formula is C14H20O6. The molecule has 6 nitrogen and oxygen atoms in total. The number of aliphatic hydroxyl groups excluding tert-OH is 1. The van der Waals surface area contributed by atoms with Crippen molar-refractivity contribution in [1.29, 1.82) is 0 Å². The minimum Gasteiger partial charge on any atom is -0.490 e. The first-order valence-corrected chi connectivity index (χ1v) is 6.26. The number of methoxy groups -OCH3 is 1. The maximum atomic E-state index is 11.1. The summed E-state index contributed by atoms with van der Waals surface area (Å²) in [6, 6.07) is 4.87. The molecule has 0 aromatic heterocycles. The highest BCUT2D eigenvalue weighted by Gasteiger charge is 2.15. The van der Waals surface area contributed by atoms with E-state index in [4.69, 9.17) is 19.3 Å². The number of carboxylic acids is 1. The molecule has 0 aliphatic carbocycles. The van der Waals surface area contributed by atoms with Crippen LogP contribution in [0.25, 0.3) is 0 Å². The second-order valence-corrected chi connectivity index (χ2v) is 4.29. The normalized spacial score (nSPS) is 12.2. The van der Waals surface area contributed by atoms with Gasteiger partial charge in [0.05, 0.1) is 19.8 Å². The molecule has 0 bridgehead atoms. The van der Waals surface area contributed by atoms with Crippen molar-refractivity contribution in [3.8, 4) is 5.75 Å². The molecule has 0 fully saturated rings. The van der Waals surface area contributed by atoms with Gasteiger partial charge in [0, 0.05) is 7.11 Å². The molecule has 20 heavy (non-hydrogen) atoms. The van der Waals surface area contributed by atoms with E-state index in [1.54, 1.807) is 26.2 Å². The van der Waals surface area contributed by atoms with Crippen molar-refractivity contribution in [3.05, 3.63) is 29.3 Å². The van der Waals surface area contributed by atoms with Gasteiger partial charge in [-0.3, -0.25) is 0 Å². The molecule has 0 spiro atoms. The Morgan fingerprint density at radius 1 is 1.30 bits per heavy atom. The van der Waals surface area contributed by atoms with Crippen molar-refractivity contribution in [2.24, 2.45) is 0 Å². The second kappa shape index (κ2) is 8.52. The van der Waals surface area contributed by atoms with E-state index in [2.05, 4.69) is 0 Å². The first-order chi connectivity index (χ1) is 9.56. The van der Waals surface area contributed by atoms with Gasteiger partial charge in [-0.1, -0.05) is 12.1 Å². The van der Waals surface area contributed by atoms with Crippen LogP contribution in [0.2, 0.25) is 0 Å². The van der Waals surface area contributed by atoms with Crippen LogP contribution in [0.5, 0.6) is 5.75 Å². The lowest BCUT2D eigenvalue weighted by atomic mass is 10.1. The number of hydrogen-bond acceptors (Lipinski definition) is 5. The third-order valence-electron chi connectivity index (χ3n) is 2.60. The molecule has 1 aromatic carbocycles. The molecule has 0 radical (unpaired) electrons. The molecule has 0 aliphatic heterocycles. The largest absolute Gasteiger partial charge is 0.490 e. The quantitative estimate of drug-likeness (QED) is 0.660. The first kappa shape index (κ1) is 16.4. The van der Waals surface area contributed by atoms with Gasteiger partial charge >= 0.3 is 5.97 Å². The van der Waals surface area contributed by atoms with E-state index in [-0.39, 0.29) is 24.5 Å². The van der Waals surface area contributed by atoms with Gasteiger partial charge in [0.2, 0.25) is 0 Å². The average Bonchev–Trinajstić information content (AvgIpc) is 2.42. The topological polar surface area (TPSA) is 85.2 Å². The molecule has 0 saturated heterocycles. The van der Waals surface area contributed by atoms with Crippen molar-refractivity contribution < 1.29 is 29.2 Å². The Balaban J connectivity index is 2.50. The highest BCUT2D eigenvalue weighted by Crippen LogP contribution is 2.23. The maximum Gasteiger partial charge on any atom is 0.339 e. The van der Waals surface area contributed by atoms with Crippen molar-refractivity contribution in [2.45, 2.75) is 13.0 Å². The first-order valence-electron chi connectivity index (χ1n) is 6.26. The standard InChI is InChI=1S/C14H20O6/c1-10-4-3-5-12(14(16)17)13(10)20-9-11(15)8-19-7-6-18-2/h3-5,11,15H,6-9H2,1-2H3,(H,16,17). The Labute approximate surface area is 117 Å². The molecule has 0 amide bonds. The molecule has 1 unspecified atom stereocenters. The Kier molecular flexibility index (Phi) is 7.00. The summed E-state index contributed by atoms with van der Waals surface area (Å²) >= 11 is 0. The van der Waals surface area contributed by atoms with Gasteiger partial charge in [0.1, 0.15) is 24.0 Å². The average molecular weight is 284 g/mol. The Morgan fingerprint density at radius 2 is 2.05 bits per heavy atom. The summed E-state index contributed by atoms with van der Waals surface area (Å²) in [5.41, 5.74) is 0.787. The lowest BCUT2D eigenvalue weighted by Crippen LogP contribution is -2.25. The van der Waals surface area contributed by atoms with Gasteiger partial charge in [-0.15, -0.1) is 0 Å². The molecule has 6 heteroatoms. The van der Waals surface area contributed by atoms with Crippen LogP contribution in [0.1, 0.15) is 15.9 Å². The lowest BCUT2D eigenvalue weighted by molar-refractivity contribution is -0.00447. The number of aliphatic hydroxyl groups is 1. The van der Waals surface area contributed by atoms with Crippen molar-refractivity contribution >= 4 is 5.97 Å². The lowest BCUT2D eigenvalue weighted by Gasteiger charge is -2.15. The summed E-state index contributed by atoms with van der Waals surface area (Å²) in [6.45, 7) is 2.67. The number of para-hydroxylation sites is 1. The van der Waals surface area contributed by atoms with Crippen LogP contribution in [0, 0.1) is 6.92 Å². The summed E-state index contributed by atoms with van der Waals surface area (Å²) in [7, 11) is 1.56. The number of benzene rings is 1. The van der Waals surface area contributed by atoms with E-state index in [1.165, 1.54) is 6.07 Å². The predicted molar refractivity (Wildman–Crippen MR) is 72.3 cm³/mol. The third-order valence-corrected chi connectivity index (χ3v) is 2.60. The van der Waals surface area contributed by atoms with Gasteiger partial charge in [-0.05, 0) is 18.6 Å². The van der Waals surface area contributed by atoms with Crippen LogP contribution >= 0.6 is 0 Å². The van der Waals surface area contributed by atoms with E-state index in [0.29, 0.717) is 18.8 Å². The molecule has 0 saturated carbocycles. The molecule has 1 rings (SSSR count). The van der Waals surface area contributed by atoms with Gasteiger partial charge in [-0.2, -0.15) is 0 Å². The van der Waals surface area contributed by atoms with Crippen molar-refractivity contribution in [1.82, 2.24) is 0 Å². The molecule has 1 aromatic rings. The van der Waals surface area contributed by atoms with Crippen LogP contribution in [0.3, 0.4) is 0 Å². The molecule has 1 atom stereocenters. The molecule has 2 N–H and O–H groups in total. The van der Waals surface area contributed by atoms with Crippen LogP contribution in [0.15, 0.2) is 18.2 Å². The highest BCUT2D eigenvalue weighted by atomic mass is 16.5. The summed E-state index contributed by atoms with van der Waals surface area (Å²) in [4.78, 5) is 11.1. The smallest absolute Gasteiger partial charge is 0.339 e. The van der Waals surface area contributed by atoms with Gasteiger partial charge in [0.25, 0.3) is 0 Å². The van der Waals surface area contributed by atoms with Crippen LogP contribution in [-0.2, 0) is 9.47 Å². The van der Waals surface area contributed by atoms with Gasteiger partial charge < -0.3 is 24.4 Å². The van der Waals surface area contributed by atoms with E-state index >= 15 is 0 Å². The van der Waals surface area contributed by atoms with E-state index in [9.17, 15) is 9.90 Å². The molecule has 0 heterocycles. The summed E-state index contributed by atoms with van der Waals surface area (Å²) < 4.78 is 15.4. The summed E-state index contributed by atoms with van der Waals surface area (Å²) in [5, 5.41) is 18.8. The zero-order valence-electron chi connectivity index (χ0n) is 11.7. The van der Waals surface area contributed by atoms with Crippen LogP contribution in [0.4, 0.5) is 0 Å². The number of ether oxygens (including phenoxy) is 3. The van der Waals surface area contributed by atoms with Crippen LogP contribution < -0.4 is 4.74 Å². The van der Waals surface area contributed by atoms with E-state index in [0.717, 1.165) is 0 Å². The number of aromatic carboxylic acids is 1. The fraction of sp³-hybridized carbons (Fsp3) is 0.500. The Morgan fingerprint density at radius 3 is 2.70 bits per heavy atom. The Hall–Kier alpha value is -1.63. The minimum absolute atomic E-state index is 0.0296. The van der Waals surface area contributed by atoms with Gasteiger partial charge in [0.15, 0.2) is 0 Å². The number of hydrogen-bond donors (Lipinski definition) is 2. The van der Waals surface area contributed by atoms with Crippen molar-refractivity contribution in [3.63, 3.8) is 0 Å². The summed E-state index contributed by atoms with van der Waals surface area (Å²) in [6.07, 6.45) is -0.826. The number of carbonyl (C=O) groups is 1. The fourth-order valence-corrected chi connectivity index (χ4v) is 1.60. The molecule has 0 aliphatic rings. The Bertz CT molecular complexity index is 432. The number of carboxylic acid groups (broad SMARTS) is 1. The fourth-order valence-electron chi connectivity index (χ4n) is 1.60. The minimum atomic E-state index is -1.06. The second-order valence-electron chi connectivity index (χ2n) is 4.29. The number of aryl methyl sites for hydroxylation is 1. The maximum absolute atomic E-state index is 11.1.